The van der Waals surface area contributed by atoms with E-state index >= 15 is 0 Å². The molecule has 1 aliphatic rings. The first-order valence-electron chi connectivity index (χ1n) is 5.13. The molecule has 0 fully saturated rings. The minimum Gasteiger partial charge on any atom is -0.394 e. The van der Waals surface area contributed by atoms with Crippen molar-refractivity contribution < 1.29 is 5.11 Å². The lowest BCUT2D eigenvalue weighted by Gasteiger charge is -2.09. The molecule has 0 saturated carbocycles. The summed E-state index contributed by atoms with van der Waals surface area (Å²) in [7, 11) is 0. The van der Waals surface area contributed by atoms with Crippen molar-refractivity contribution in [2.45, 2.75) is 25.3 Å². The molecule has 0 spiro atoms. The summed E-state index contributed by atoms with van der Waals surface area (Å²) in [6.07, 6.45) is 5.29. The van der Waals surface area contributed by atoms with Gasteiger partial charge in [-0.2, -0.15) is 0 Å². The highest BCUT2D eigenvalue weighted by molar-refractivity contribution is 5.81. The van der Waals surface area contributed by atoms with Crippen LogP contribution in [0.15, 0.2) is 17.6 Å². The first-order valence-corrected chi connectivity index (χ1v) is 5.13. The summed E-state index contributed by atoms with van der Waals surface area (Å²) < 4.78 is 0. The van der Waals surface area contributed by atoms with Crippen LogP contribution in [0.4, 0.5) is 0 Å². The second kappa shape index (κ2) is 6.43. The molecule has 0 aliphatic carbocycles. The predicted octanol–water partition coefficient (Wildman–Crippen LogP) is 0.252. The van der Waals surface area contributed by atoms with Crippen LogP contribution in [0, 0.1) is 0 Å². The number of hydrogen-bond acceptors (Lipinski definition) is 4. The minimum absolute atomic E-state index is 0.102. The van der Waals surface area contributed by atoms with Gasteiger partial charge in [-0.1, -0.05) is 6.08 Å². The van der Waals surface area contributed by atoms with Gasteiger partial charge in [0.15, 0.2) is 5.96 Å². The van der Waals surface area contributed by atoms with Crippen LogP contribution >= 0.6 is 0 Å². The number of unbranched alkanes of at least 4 members (excludes halogenated alkanes) is 2. The molecule has 1 aliphatic heterocycles. The fraction of sp³-hybridized carbons (Fsp3) is 0.700. The van der Waals surface area contributed by atoms with Crippen molar-refractivity contribution >= 4 is 5.96 Å². The van der Waals surface area contributed by atoms with Crippen LogP contribution in [0.2, 0.25) is 0 Å². The number of aliphatic hydroxyl groups is 1. The van der Waals surface area contributed by atoms with E-state index in [9.17, 15) is 0 Å². The number of nitrogens with one attached hydrogen (secondary N) is 2. The lowest BCUT2D eigenvalue weighted by molar-refractivity contribution is 0.263. The Morgan fingerprint density at radius 3 is 3.14 bits per heavy atom. The summed E-state index contributed by atoms with van der Waals surface area (Å²) in [5, 5.41) is 15.1. The van der Waals surface area contributed by atoms with Crippen LogP contribution in [-0.2, 0) is 0 Å². The zero-order valence-electron chi connectivity index (χ0n) is 8.50. The van der Waals surface area contributed by atoms with E-state index in [-0.39, 0.29) is 12.6 Å². The Kier molecular flexibility index (Phi) is 5.07. The lowest BCUT2D eigenvalue weighted by atomic mass is 10.2. The standard InChI is InChI=1S/C10H19N3O/c1-2-3-4-5-6-11-10-12-7-9(8-14)13-10/h2,9,14H,1,3-8H2,(H2,11,12,13)/t9-/m0/s1. The number of aliphatic imine (C=N–C) groups is 1. The third kappa shape index (κ3) is 3.79. The van der Waals surface area contributed by atoms with E-state index < -0.39 is 0 Å². The van der Waals surface area contributed by atoms with Crippen molar-refractivity contribution in [2.75, 3.05) is 19.7 Å². The summed E-state index contributed by atoms with van der Waals surface area (Å²) in [6, 6.07) is 0.102. The maximum atomic E-state index is 8.85. The third-order valence-electron chi connectivity index (χ3n) is 2.16. The Labute approximate surface area is 85.1 Å². The molecule has 1 heterocycles. The molecule has 4 nitrogen and oxygen atoms in total. The Bertz CT molecular complexity index is 204. The van der Waals surface area contributed by atoms with Gasteiger partial charge in [-0.05, 0) is 19.3 Å². The van der Waals surface area contributed by atoms with Crippen LogP contribution in [0.1, 0.15) is 19.3 Å². The van der Waals surface area contributed by atoms with Crippen LogP contribution in [-0.4, -0.2) is 36.8 Å². The fourth-order valence-corrected chi connectivity index (χ4v) is 1.32. The molecule has 0 amide bonds. The van der Waals surface area contributed by atoms with Crippen molar-refractivity contribution in [3.63, 3.8) is 0 Å². The molecule has 14 heavy (non-hydrogen) atoms. The normalized spacial score (nSPS) is 20.1. The smallest absolute Gasteiger partial charge is 0.191 e. The summed E-state index contributed by atoms with van der Waals surface area (Å²) in [5.74, 6) is 0.822. The monoisotopic (exact) mass is 197 g/mol. The van der Waals surface area contributed by atoms with Crippen molar-refractivity contribution in [3.05, 3.63) is 12.7 Å². The van der Waals surface area contributed by atoms with Crippen LogP contribution in [0.3, 0.4) is 0 Å². The van der Waals surface area contributed by atoms with E-state index in [1.165, 1.54) is 0 Å². The Hall–Kier alpha value is -1.03. The second-order valence-corrected chi connectivity index (χ2v) is 3.42. The van der Waals surface area contributed by atoms with Gasteiger partial charge in [0.2, 0.25) is 0 Å². The van der Waals surface area contributed by atoms with Crippen LogP contribution < -0.4 is 10.6 Å². The molecule has 1 rings (SSSR count). The topological polar surface area (TPSA) is 56.7 Å². The molecule has 0 aromatic rings. The molecule has 0 unspecified atom stereocenters. The van der Waals surface area contributed by atoms with E-state index in [2.05, 4.69) is 22.2 Å². The number of aliphatic hydroxyl groups excluding tert-OH is 1. The van der Waals surface area contributed by atoms with Gasteiger partial charge >= 0.3 is 0 Å². The molecule has 0 saturated heterocycles. The van der Waals surface area contributed by atoms with Crippen LogP contribution in [0.25, 0.3) is 0 Å². The van der Waals surface area contributed by atoms with Gasteiger partial charge in [-0.25, -0.2) is 0 Å². The Balaban J connectivity index is 2.00. The molecule has 80 valence electrons. The SMILES string of the molecule is C=CCCCCNC1=NC[C@@H](CO)N1. The van der Waals surface area contributed by atoms with E-state index in [0.717, 1.165) is 31.8 Å². The zero-order chi connectivity index (χ0) is 10.2. The number of rotatable bonds is 6. The van der Waals surface area contributed by atoms with Gasteiger partial charge in [0.25, 0.3) is 0 Å². The van der Waals surface area contributed by atoms with Gasteiger partial charge in [0.1, 0.15) is 0 Å². The molecule has 0 bridgehead atoms. The molecule has 0 radical (unpaired) electrons. The number of guanidine groups is 1. The molecular formula is C10H19N3O. The van der Waals surface area contributed by atoms with Gasteiger partial charge in [-0.15, -0.1) is 6.58 Å². The van der Waals surface area contributed by atoms with E-state index in [0.29, 0.717) is 6.54 Å². The zero-order valence-corrected chi connectivity index (χ0v) is 8.50. The van der Waals surface area contributed by atoms with Crippen molar-refractivity contribution in [1.29, 1.82) is 0 Å². The first-order chi connectivity index (χ1) is 6.86. The number of nitrogens with zero attached hydrogens (tertiary/aromatic N) is 1. The first kappa shape index (κ1) is 11.0. The highest BCUT2D eigenvalue weighted by Crippen LogP contribution is 1.96. The van der Waals surface area contributed by atoms with Gasteiger partial charge in [-0.3, -0.25) is 4.99 Å². The maximum absolute atomic E-state index is 8.85. The van der Waals surface area contributed by atoms with Crippen molar-refractivity contribution in [3.8, 4) is 0 Å². The van der Waals surface area contributed by atoms with Crippen LogP contribution in [0.5, 0.6) is 0 Å². The average Bonchev–Trinajstić information content (AvgIpc) is 2.65. The van der Waals surface area contributed by atoms with Gasteiger partial charge in [0.05, 0.1) is 19.2 Å². The molecule has 3 N–H and O–H groups in total. The second-order valence-electron chi connectivity index (χ2n) is 3.42. The molecule has 1 atom stereocenters. The van der Waals surface area contributed by atoms with Gasteiger partial charge in [0, 0.05) is 6.54 Å². The Morgan fingerprint density at radius 2 is 2.50 bits per heavy atom. The molecule has 0 aromatic heterocycles. The van der Waals surface area contributed by atoms with E-state index in [4.69, 9.17) is 5.11 Å². The Morgan fingerprint density at radius 1 is 1.64 bits per heavy atom. The third-order valence-corrected chi connectivity index (χ3v) is 2.16. The number of allylic oxidation sites excluding steroid dienone is 1. The summed E-state index contributed by atoms with van der Waals surface area (Å²) >= 11 is 0. The highest BCUT2D eigenvalue weighted by atomic mass is 16.3. The molecule has 0 aromatic carbocycles. The van der Waals surface area contributed by atoms with E-state index in [1.807, 2.05) is 6.08 Å². The molecule has 4 heteroatoms. The summed E-state index contributed by atoms with van der Waals surface area (Å²) in [5.41, 5.74) is 0. The summed E-state index contributed by atoms with van der Waals surface area (Å²) in [4.78, 5) is 4.22. The van der Waals surface area contributed by atoms with E-state index in [1.54, 1.807) is 0 Å². The average molecular weight is 197 g/mol. The minimum atomic E-state index is 0.102. The molecular weight excluding hydrogens is 178 g/mol. The van der Waals surface area contributed by atoms with Crippen molar-refractivity contribution in [2.24, 2.45) is 4.99 Å². The fourth-order valence-electron chi connectivity index (χ4n) is 1.32. The summed E-state index contributed by atoms with van der Waals surface area (Å²) in [6.45, 7) is 5.42. The lowest BCUT2D eigenvalue weighted by Crippen LogP contribution is -2.40. The largest absolute Gasteiger partial charge is 0.394 e. The number of hydrogen-bond donors (Lipinski definition) is 3. The van der Waals surface area contributed by atoms with Gasteiger partial charge < -0.3 is 15.7 Å². The predicted molar refractivity (Wildman–Crippen MR) is 58.4 cm³/mol. The quantitative estimate of drug-likeness (QED) is 0.423. The van der Waals surface area contributed by atoms with Crippen molar-refractivity contribution in [1.82, 2.24) is 10.6 Å². The highest BCUT2D eigenvalue weighted by Gasteiger charge is 2.14. The maximum Gasteiger partial charge on any atom is 0.191 e.